The van der Waals surface area contributed by atoms with Crippen LogP contribution < -0.4 is 0 Å². The summed E-state index contributed by atoms with van der Waals surface area (Å²) in [7, 11) is 0. The van der Waals surface area contributed by atoms with Crippen molar-refractivity contribution in [2.45, 2.75) is 0 Å². The van der Waals surface area contributed by atoms with Gasteiger partial charge >= 0.3 is 0 Å². The molecule has 0 amide bonds. The van der Waals surface area contributed by atoms with Crippen LogP contribution in [0.25, 0.3) is 0 Å². The Hall–Kier alpha value is -0.400. The lowest BCUT2D eigenvalue weighted by Crippen LogP contribution is -2.41. The standard InChI is InChI=1S/C22H44N2O8/c1(23-3-7-25-11-15-29-19-20-30-16-12-26-8-4-23)2-24-5-9-27-13-17-31-21-22-32-18-14-28-10-6-24/h1-22H2. The molecule has 0 N–H and O–H groups in total. The summed E-state index contributed by atoms with van der Waals surface area (Å²) in [4.78, 5) is 4.78. The molecular formula is C22H44N2O8. The van der Waals surface area contributed by atoms with E-state index in [0.29, 0.717) is 106 Å². The Balaban J connectivity index is 1.73. The highest BCUT2D eigenvalue weighted by Gasteiger charge is 2.11. The average molecular weight is 465 g/mol. The zero-order chi connectivity index (χ0) is 22.4. The Morgan fingerprint density at radius 2 is 0.469 bits per heavy atom. The molecule has 0 spiro atoms. The predicted molar refractivity (Wildman–Crippen MR) is 119 cm³/mol. The van der Waals surface area contributed by atoms with E-state index in [1.807, 2.05) is 0 Å². The minimum absolute atomic E-state index is 0.596. The fraction of sp³-hybridized carbons (Fsp3) is 1.00. The van der Waals surface area contributed by atoms with E-state index in [4.69, 9.17) is 37.9 Å². The van der Waals surface area contributed by atoms with E-state index >= 15 is 0 Å². The fourth-order valence-corrected chi connectivity index (χ4v) is 3.25. The van der Waals surface area contributed by atoms with Gasteiger partial charge in [-0.25, -0.2) is 0 Å². The lowest BCUT2D eigenvalue weighted by atomic mass is 10.4. The molecule has 2 aliphatic heterocycles. The van der Waals surface area contributed by atoms with E-state index in [0.717, 1.165) is 39.3 Å². The largest absolute Gasteiger partial charge is 0.378 e. The summed E-state index contributed by atoms with van der Waals surface area (Å²) in [6.45, 7) is 15.3. The van der Waals surface area contributed by atoms with Gasteiger partial charge in [-0.15, -0.1) is 0 Å². The van der Waals surface area contributed by atoms with E-state index in [1.165, 1.54) is 0 Å². The molecule has 10 heteroatoms. The number of hydrogen-bond acceptors (Lipinski definition) is 10. The van der Waals surface area contributed by atoms with Crippen molar-refractivity contribution in [3.8, 4) is 0 Å². The Morgan fingerprint density at radius 1 is 0.281 bits per heavy atom. The Labute approximate surface area is 193 Å². The van der Waals surface area contributed by atoms with E-state index < -0.39 is 0 Å². The molecule has 10 nitrogen and oxygen atoms in total. The van der Waals surface area contributed by atoms with Crippen LogP contribution in [0.15, 0.2) is 0 Å². The first-order chi connectivity index (χ1) is 15.9. The van der Waals surface area contributed by atoms with Crippen LogP contribution in [0.3, 0.4) is 0 Å². The molecule has 0 radical (unpaired) electrons. The van der Waals surface area contributed by atoms with Crippen molar-refractivity contribution in [3.05, 3.63) is 0 Å². The van der Waals surface area contributed by atoms with Gasteiger partial charge in [0.25, 0.3) is 0 Å². The molecule has 0 aromatic heterocycles. The smallest absolute Gasteiger partial charge is 0.0701 e. The molecule has 2 saturated heterocycles. The zero-order valence-electron chi connectivity index (χ0n) is 19.7. The summed E-state index contributed by atoms with van der Waals surface area (Å²) in [6, 6.07) is 0. The number of hydrogen-bond donors (Lipinski definition) is 0. The first-order valence-corrected chi connectivity index (χ1v) is 12.0. The van der Waals surface area contributed by atoms with Crippen LogP contribution in [0.1, 0.15) is 0 Å². The van der Waals surface area contributed by atoms with Crippen LogP contribution >= 0.6 is 0 Å². The van der Waals surface area contributed by atoms with Gasteiger partial charge in [-0.05, 0) is 0 Å². The highest BCUT2D eigenvalue weighted by molar-refractivity contribution is 4.64. The molecule has 2 aliphatic rings. The zero-order valence-corrected chi connectivity index (χ0v) is 19.7. The first kappa shape index (κ1) is 27.8. The average Bonchev–Trinajstić information content (AvgIpc) is 2.82. The summed E-state index contributed by atoms with van der Waals surface area (Å²) in [6.07, 6.45) is 0. The van der Waals surface area contributed by atoms with E-state index in [2.05, 4.69) is 9.80 Å². The molecule has 2 fully saturated rings. The minimum Gasteiger partial charge on any atom is -0.378 e. The van der Waals surface area contributed by atoms with Gasteiger partial charge in [0, 0.05) is 39.3 Å². The third kappa shape index (κ3) is 16.2. The molecule has 0 aromatic carbocycles. The predicted octanol–water partition coefficient (Wildman–Crippen LogP) is -0.250. The van der Waals surface area contributed by atoms with E-state index in [1.54, 1.807) is 0 Å². The second kappa shape index (κ2) is 21.2. The van der Waals surface area contributed by atoms with Crippen molar-refractivity contribution < 1.29 is 37.9 Å². The lowest BCUT2D eigenvalue weighted by molar-refractivity contribution is 0.00206. The summed E-state index contributed by atoms with van der Waals surface area (Å²) in [5, 5.41) is 0. The second-order valence-electron chi connectivity index (χ2n) is 7.58. The highest BCUT2D eigenvalue weighted by Crippen LogP contribution is 1.97. The quantitative estimate of drug-likeness (QED) is 0.558. The Morgan fingerprint density at radius 3 is 0.688 bits per heavy atom. The molecule has 0 saturated carbocycles. The number of ether oxygens (including phenoxy) is 8. The van der Waals surface area contributed by atoms with Crippen molar-refractivity contribution in [1.82, 2.24) is 9.80 Å². The molecule has 32 heavy (non-hydrogen) atoms. The minimum atomic E-state index is 0.596. The van der Waals surface area contributed by atoms with Gasteiger partial charge in [-0.3, -0.25) is 9.80 Å². The van der Waals surface area contributed by atoms with Gasteiger partial charge in [0.2, 0.25) is 0 Å². The van der Waals surface area contributed by atoms with Crippen LogP contribution in [0.4, 0.5) is 0 Å². The maximum Gasteiger partial charge on any atom is 0.0701 e. The molecule has 2 rings (SSSR count). The molecule has 0 aliphatic carbocycles. The Bertz CT molecular complexity index is 340. The molecule has 0 aromatic rings. The van der Waals surface area contributed by atoms with Crippen LogP contribution in [0, 0.1) is 0 Å². The van der Waals surface area contributed by atoms with Gasteiger partial charge in [-0.1, -0.05) is 0 Å². The SMILES string of the molecule is C1COCCOCCN(CCN2CCOCCOCCOCCOCC2)CCOCCO1. The van der Waals surface area contributed by atoms with E-state index in [-0.39, 0.29) is 0 Å². The van der Waals surface area contributed by atoms with Gasteiger partial charge in [0.05, 0.1) is 106 Å². The summed E-state index contributed by atoms with van der Waals surface area (Å²) in [5.74, 6) is 0. The molecule has 0 bridgehead atoms. The number of rotatable bonds is 3. The van der Waals surface area contributed by atoms with Crippen LogP contribution in [0.2, 0.25) is 0 Å². The third-order valence-electron chi connectivity index (χ3n) is 5.17. The summed E-state index contributed by atoms with van der Waals surface area (Å²) >= 11 is 0. The highest BCUT2D eigenvalue weighted by atomic mass is 16.6. The third-order valence-corrected chi connectivity index (χ3v) is 5.17. The maximum atomic E-state index is 5.73. The molecular weight excluding hydrogens is 420 g/mol. The number of nitrogens with zero attached hydrogens (tertiary/aromatic N) is 2. The molecule has 2 heterocycles. The van der Waals surface area contributed by atoms with Crippen molar-refractivity contribution >= 4 is 0 Å². The molecule has 0 unspecified atom stereocenters. The lowest BCUT2D eigenvalue weighted by Gasteiger charge is -2.27. The van der Waals surface area contributed by atoms with Crippen molar-refractivity contribution in [2.75, 3.05) is 145 Å². The first-order valence-electron chi connectivity index (χ1n) is 12.0. The monoisotopic (exact) mass is 464 g/mol. The van der Waals surface area contributed by atoms with Crippen molar-refractivity contribution in [3.63, 3.8) is 0 Å². The Kier molecular flexibility index (Phi) is 18.4. The maximum absolute atomic E-state index is 5.73. The van der Waals surface area contributed by atoms with Gasteiger partial charge in [-0.2, -0.15) is 0 Å². The molecule has 0 atom stereocenters. The van der Waals surface area contributed by atoms with Crippen molar-refractivity contribution in [1.29, 1.82) is 0 Å². The second-order valence-corrected chi connectivity index (χ2v) is 7.58. The van der Waals surface area contributed by atoms with Crippen LogP contribution in [0.5, 0.6) is 0 Å². The van der Waals surface area contributed by atoms with Gasteiger partial charge in [0.1, 0.15) is 0 Å². The van der Waals surface area contributed by atoms with Crippen LogP contribution in [-0.4, -0.2) is 155 Å². The van der Waals surface area contributed by atoms with Gasteiger partial charge < -0.3 is 37.9 Å². The van der Waals surface area contributed by atoms with Crippen molar-refractivity contribution in [2.24, 2.45) is 0 Å². The molecule has 190 valence electrons. The normalized spacial score (nSPS) is 25.1. The van der Waals surface area contributed by atoms with Gasteiger partial charge in [0.15, 0.2) is 0 Å². The summed E-state index contributed by atoms with van der Waals surface area (Å²) in [5.41, 5.74) is 0. The fourth-order valence-electron chi connectivity index (χ4n) is 3.25. The topological polar surface area (TPSA) is 80.3 Å². The summed E-state index contributed by atoms with van der Waals surface area (Å²) < 4.78 is 44.9. The van der Waals surface area contributed by atoms with Crippen LogP contribution in [-0.2, 0) is 37.9 Å². The van der Waals surface area contributed by atoms with E-state index in [9.17, 15) is 0 Å².